The number of nitriles is 1. The van der Waals surface area contributed by atoms with Gasteiger partial charge in [0.15, 0.2) is 0 Å². The standard InChI is InChI=1S/C29H37ClN6O2/c1-28(2,3)38-27(37)35-24-20-10-19-11-21(24)14-29(12-19,13-20)17-34-25-22(15-31)16-33-26(36-25)32-9-8-18-4-6-23(30)7-5-18/h4-7,16,19-21,24H,8-14,17H2,1-3H3,(H,35,37)(H2,32,33,34,36)/t19?,20-,21+,24-,29-. The number of alkyl carbamates (subject to hydrolysis) is 1. The lowest BCUT2D eigenvalue weighted by Crippen LogP contribution is -2.60. The van der Waals surface area contributed by atoms with Crippen LogP contribution in [0.25, 0.3) is 0 Å². The van der Waals surface area contributed by atoms with Crippen molar-refractivity contribution < 1.29 is 9.53 Å². The third kappa shape index (κ3) is 6.15. The number of anilines is 2. The molecule has 1 heterocycles. The molecule has 4 aliphatic carbocycles. The molecule has 4 aliphatic rings. The lowest BCUT2D eigenvalue weighted by molar-refractivity contribution is -0.0703. The molecule has 2 aromatic rings. The summed E-state index contributed by atoms with van der Waals surface area (Å²) in [5.41, 5.74) is 1.28. The third-order valence-electron chi connectivity index (χ3n) is 8.23. The van der Waals surface area contributed by atoms with Crippen molar-refractivity contribution in [2.24, 2.45) is 23.2 Å². The summed E-state index contributed by atoms with van der Waals surface area (Å²) < 4.78 is 5.55. The van der Waals surface area contributed by atoms with E-state index in [0.29, 0.717) is 41.6 Å². The van der Waals surface area contributed by atoms with Crippen LogP contribution >= 0.6 is 11.6 Å². The van der Waals surface area contributed by atoms with Gasteiger partial charge < -0.3 is 20.7 Å². The Hall–Kier alpha value is -3.05. The molecule has 202 valence electrons. The van der Waals surface area contributed by atoms with Crippen molar-refractivity contribution in [3.8, 4) is 6.07 Å². The average Bonchev–Trinajstić information content (AvgIpc) is 2.85. The highest BCUT2D eigenvalue weighted by atomic mass is 35.5. The normalized spacial score (nSPS) is 27.4. The number of nitrogens with one attached hydrogen (secondary N) is 3. The Kier molecular flexibility index (Phi) is 7.41. The Labute approximate surface area is 229 Å². The summed E-state index contributed by atoms with van der Waals surface area (Å²) in [6, 6.07) is 10.2. The first-order valence-corrected chi connectivity index (χ1v) is 14.0. The zero-order valence-electron chi connectivity index (χ0n) is 22.4. The van der Waals surface area contributed by atoms with Crippen molar-refractivity contribution >= 4 is 29.5 Å². The lowest BCUT2D eigenvalue weighted by atomic mass is 9.48. The van der Waals surface area contributed by atoms with Crippen molar-refractivity contribution in [2.75, 3.05) is 23.7 Å². The average molecular weight is 537 g/mol. The quantitative estimate of drug-likeness (QED) is 0.391. The summed E-state index contributed by atoms with van der Waals surface area (Å²) in [5.74, 6) is 2.70. The van der Waals surface area contributed by atoms with Crippen LogP contribution in [0, 0.1) is 34.5 Å². The van der Waals surface area contributed by atoms with Crippen LogP contribution in [0.4, 0.5) is 16.6 Å². The molecular weight excluding hydrogens is 500 g/mol. The molecule has 4 fully saturated rings. The van der Waals surface area contributed by atoms with Gasteiger partial charge in [0.2, 0.25) is 5.95 Å². The SMILES string of the molecule is CC(C)(C)OC(=O)N[C@@H]1[C@@H]2CC3C[C@H]1C[C@@](CNc1nc(NCCc4ccc(Cl)cc4)ncc1C#N)(C3)C2. The second-order valence-corrected chi connectivity index (χ2v) is 12.8. The minimum atomic E-state index is -0.499. The molecule has 5 atom stereocenters. The van der Waals surface area contributed by atoms with Crippen molar-refractivity contribution in [3.63, 3.8) is 0 Å². The number of amides is 1. The largest absolute Gasteiger partial charge is 0.444 e. The molecule has 4 saturated carbocycles. The number of carbonyl (C=O) groups is 1. The maximum Gasteiger partial charge on any atom is 0.407 e. The van der Waals surface area contributed by atoms with Crippen LogP contribution in [-0.2, 0) is 11.2 Å². The third-order valence-corrected chi connectivity index (χ3v) is 8.49. The van der Waals surface area contributed by atoms with Gasteiger partial charge >= 0.3 is 6.09 Å². The van der Waals surface area contributed by atoms with E-state index in [1.807, 2.05) is 45.0 Å². The number of benzene rings is 1. The topological polar surface area (TPSA) is 112 Å². The van der Waals surface area contributed by atoms with Crippen LogP contribution in [0.15, 0.2) is 30.5 Å². The maximum atomic E-state index is 12.5. The summed E-state index contributed by atoms with van der Waals surface area (Å²) in [7, 11) is 0. The van der Waals surface area contributed by atoms with Gasteiger partial charge in [0.1, 0.15) is 23.1 Å². The Morgan fingerprint density at radius 1 is 1.16 bits per heavy atom. The number of hydrogen-bond acceptors (Lipinski definition) is 7. The van der Waals surface area contributed by atoms with E-state index in [-0.39, 0.29) is 17.6 Å². The van der Waals surface area contributed by atoms with Gasteiger partial charge in [-0.3, -0.25) is 0 Å². The Morgan fingerprint density at radius 3 is 2.53 bits per heavy atom. The van der Waals surface area contributed by atoms with Crippen molar-refractivity contribution in [1.29, 1.82) is 5.26 Å². The zero-order chi connectivity index (χ0) is 26.9. The van der Waals surface area contributed by atoms with Gasteiger partial charge in [0.25, 0.3) is 0 Å². The van der Waals surface area contributed by atoms with E-state index in [9.17, 15) is 10.1 Å². The number of hydrogen-bond donors (Lipinski definition) is 3. The van der Waals surface area contributed by atoms with Crippen molar-refractivity contribution in [2.45, 2.75) is 70.9 Å². The smallest absolute Gasteiger partial charge is 0.407 e. The fourth-order valence-electron chi connectivity index (χ4n) is 7.01. The molecule has 38 heavy (non-hydrogen) atoms. The molecule has 8 nitrogen and oxygen atoms in total. The molecule has 1 aromatic heterocycles. The van der Waals surface area contributed by atoms with Gasteiger partial charge in [-0.05, 0) is 100 Å². The molecule has 1 unspecified atom stereocenters. The van der Waals surface area contributed by atoms with E-state index in [2.05, 4.69) is 32.0 Å². The van der Waals surface area contributed by atoms with Crippen LogP contribution in [0.1, 0.15) is 64.0 Å². The van der Waals surface area contributed by atoms with Crippen molar-refractivity contribution in [3.05, 3.63) is 46.6 Å². The first-order valence-electron chi connectivity index (χ1n) is 13.6. The number of carbonyl (C=O) groups excluding carboxylic acids is 1. The van der Waals surface area contributed by atoms with Crippen LogP contribution in [0.5, 0.6) is 0 Å². The monoisotopic (exact) mass is 536 g/mol. The van der Waals surface area contributed by atoms with Crippen LogP contribution in [-0.4, -0.2) is 40.8 Å². The second kappa shape index (κ2) is 10.6. The van der Waals surface area contributed by atoms with E-state index < -0.39 is 5.60 Å². The van der Waals surface area contributed by atoms with Gasteiger partial charge in [-0.25, -0.2) is 9.78 Å². The molecular formula is C29H37ClN6O2. The minimum Gasteiger partial charge on any atom is -0.444 e. The fraction of sp³-hybridized carbons (Fsp3) is 0.586. The molecule has 3 N–H and O–H groups in total. The molecule has 6 rings (SSSR count). The summed E-state index contributed by atoms with van der Waals surface area (Å²) in [4.78, 5) is 21.5. The second-order valence-electron chi connectivity index (χ2n) is 12.4. The molecule has 0 spiro atoms. The van der Waals surface area contributed by atoms with E-state index in [1.165, 1.54) is 12.0 Å². The Bertz CT molecular complexity index is 1190. The maximum absolute atomic E-state index is 12.5. The first-order chi connectivity index (χ1) is 18.1. The van der Waals surface area contributed by atoms with E-state index in [1.54, 1.807) is 6.20 Å². The molecule has 1 aromatic carbocycles. The summed E-state index contributed by atoms with van der Waals surface area (Å²) >= 11 is 5.97. The van der Waals surface area contributed by atoms with Gasteiger partial charge in [0.05, 0.1) is 6.20 Å². The molecule has 0 saturated heterocycles. The number of rotatable bonds is 8. The molecule has 4 bridgehead atoms. The lowest BCUT2D eigenvalue weighted by Gasteiger charge is -2.60. The first kappa shape index (κ1) is 26.6. The Morgan fingerprint density at radius 2 is 1.87 bits per heavy atom. The number of aromatic nitrogens is 2. The predicted molar refractivity (Wildman–Crippen MR) is 148 cm³/mol. The van der Waals surface area contributed by atoms with Crippen LogP contribution in [0.3, 0.4) is 0 Å². The van der Waals surface area contributed by atoms with E-state index in [0.717, 1.165) is 43.7 Å². The van der Waals surface area contributed by atoms with E-state index >= 15 is 0 Å². The molecule has 9 heteroatoms. The van der Waals surface area contributed by atoms with Gasteiger partial charge in [-0.1, -0.05) is 23.7 Å². The van der Waals surface area contributed by atoms with E-state index in [4.69, 9.17) is 16.3 Å². The Balaban J connectivity index is 1.20. The summed E-state index contributed by atoms with van der Waals surface area (Å²) in [6.07, 6.45) is 7.73. The summed E-state index contributed by atoms with van der Waals surface area (Å²) in [5, 5.41) is 20.4. The number of nitrogens with zero attached hydrogens (tertiary/aromatic N) is 3. The minimum absolute atomic E-state index is 0.155. The van der Waals surface area contributed by atoms with Gasteiger partial charge in [-0.2, -0.15) is 10.2 Å². The predicted octanol–water partition coefficient (Wildman–Crippen LogP) is 5.79. The fourth-order valence-corrected chi connectivity index (χ4v) is 7.14. The number of halogens is 1. The van der Waals surface area contributed by atoms with Crippen molar-refractivity contribution in [1.82, 2.24) is 15.3 Å². The zero-order valence-corrected chi connectivity index (χ0v) is 23.1. The molecule has 0 radical (unpaired) electrons. The summed E-state index contributed by atoms with van der Waals surface area (Å²) in [6.45, 7) is 7.13. The van der Waals surface area contributed by atoms with Gasteiger partial charge in [0, 0.05) is 24.2 Å². The van der Waals surface area contributed by atoms with Crippen LogP contribution in [0.2, 0.25) is 5.02 Å². The highest BCUT2D eigenvalue weighted by Crippen LogP contribution is 2.60. The highest BCUT2D eigenvalue weighted by Gasteiger charge is 2.55. The van der Waals surface area contributed by atoms with Crippen LogP contribution < -0.4 is 16.0 Å². The molecule has 1 amide bonds. The van der Waals surface area contributed by atoms with Gasteiger partial charge in [-0.15, -0.1) is 0 Å². The molecule has 0 aliphatic heterocycles. The number of ether oxygens (including phenoxy) is 1. The highest BCUT2D eigenvalue weighted by molar-refractivity contribution is 6.30.